The third-order valence-electron chi connectivity index (χ3n) is 4.47. The lowest BCUT2D eigenvalue weighted by Gasteiger charge is -2.46. The van der Waals surface area contributed by atoms with Crippen molar-refractivity contribution in [1.82, 2.24) is 10.2 Å². The summed E-state index contributed by atoms with van der Waals surface area (Å²) in [6.07, 6.45) is 5.13. The standard InChI is InChI=1S/C16H32N2O2/c1-15(2)11-16(7-9-20-15,13-18(3)4)12-17-10-14-6-5-8-19-14/h14,17H,5-13H2,1-4H3/t14-,16+/m1/s1. The molecule has 2 rings (SSSR count). The van der Waals surface area contributed by atoms with Gasteiger partial charge in [0, 0.05) is 38.3 Å². The highest BCUT2D eigenvalue weighted by Gasteiger charge is 2.41. The van der Waals surface area contributed by atoms with Crippen LogP contribution in [0.2, 0.25) is 0 Å². The molecule has 2 atom stereocenters. The normalized spacial score (nSPS) is 33.8. The molecule has 2 heterocycles. The van der Waals surface area contributed by atoms with E-state index in [9.17, 15) is 0 Å². The van der Waals surface area contributed by atoms with Crippen LogP contribution in [0.1, 0.15) is 39.5 Å². The van der Waals surface area contributed by atoms with Crippen LogP contribution in [0, 0.1) is 5.41 Å². The van der Waals surface area contributed by atoms with E-state index in [0.717, 1.165) is 45.7 Å². The first-order valence-electron chi connectivity index (χ1n) is 8.02. The first-order valence-corrected chi connectivity index (χ1v) is 8.02. The fourth-order valence-corrected chi connectivity index (χ4v) is 3.90. The molecule has 0 amide bonds. The summed E-state index contributed by atoms with van der Waals surface area (Å²) in [6, 6.07) is 0. The molecular weight excluding hydrogens is 252 g/mol. The van der Waals surface area contributed by atoms with Crippen LogP contribution in [0.3, 0.4) is 0 Å². The summed E-state index contributed by atoms with van der Waals surface area (Å²) in [7, 11) is 4.34. The smallest absolute Gasteiger partial charge is 0.0700 e. The van der Waals surface area contributed by atoms with Crippen LogP contribution in [-0.2, 0) is 9.47 Å². The highest BCUT2D eigenvalue weighted by molar-refractivity contribution is 4.93. The minimum absolute atomic E-state index is 0.000200. The molecule has 0 radical (unpaired) electrons. The molecule has 20 heavy (non-hydrogen) atoms. The van der Waals surface area contributed by atoms with Gasteiger partial charge in [-0.25, -0.2) is 0 Å². The van der Waals surface area contributed by atoms with Crippen molar-refractivity contribution in [1.29, 1.82) is 0 Å². The van der Waals surface area contributed by atoms with Crippen molar-refractivity contribution in [2.45, 2.75) is 51.2 Å². The molecule has 118 valence electrons. The van der Waals surface area contributed by atoms with Crippen LogP contribution < -0.4 is 5.32 Å². The SMILES string of the molecule is CN(C)C[C@@]1(CNC[C@H]2CCCO2)CCOC(C)(C)C1. The van der Waals surface area contributed by atoms with Gasteiger partial charge in [0.25, 0.3) is 0 Å². The summed E-state index contributed by atoms with van der Waals surface area (Å²) >= 11 is 0. The topological polar surface area (TPSA) is 33.7 Å². The first kappa shape index (κ1) is 16.2. The van der Waals surface area contributed by atoms with Crippen LogP contribution in [0.4, 0.5) is 0 Å². The second-order valence-electron chi connectivity index (χ2n) is 7.54. The molecule has 0 spiro atoms. The molecule has 0 aromatic heterocycles. The molecule has 0 saturated carbocycles. The van der Waals surface area contributed by atoms with E-state index in [-0.39, 0.29) is 5.60 Å². The zero-order valence-electron chi connectivity index (χ0n) is 13.7. The number of ether oxygens (including phenoxy) is 2. The van der Waals surface area contributed by atoms with Crippen LogP contribution in [-0.4, -0.2) is 63.5 Å². The van der Waals surface area contributed by atoms with Gasteiger partial charge in [0.15, 0.2) is 0 Å². The Labute approximate surface area is 124 Å². The lowest BCUT2D eigenvalue weighted by atomic mass is 9.73. The summed E-state index contributed by atoms with van der Waals surface area (Å²) in [6.45, 7) is 9.44. The lowest BCUT2D eigenvalue weighted by Crippen LogP contribution is -2.51. The predicted octanol–water partition coefficient (Wildman–Crippen LogP) is 1.89. The Balaban J connectivity index is 1.88. The summed E-state index contributed by atoms with van der Waals surface area (Å²) in [5.74, 6) is 0. The lowest BCUT2D eigenvalue weighted by molar-refractivity contribution is -0.109. The minimum atomic E-state index is -0.000200. The molecule has 0 bridgehead atoms. The van der Waals surface area contributed by atoms with E-state index in [1.54, 1.807) is 0 Å². The molecule has 0 aromatic rings. The van der Waals surface area contributed by atoms with Crippen molar-refractivity contribution in [2.75, 3.05) is 46.9 Å². The van der Waals surface area contributed by atoms with Crippen molar-refractivity contribution in [3.8, 4) is 0 Å². The van der Waals surface area contributed by atoms with Crippen molar-refractivity contribution >= 4 is 0 Å². The van der Waals surface area contributed by atoms with Gasteiger partial charge in [-0.2, -0.15) is 0 Å². The van der Waals surface area contributed by atoms with Gasteiger partial charge in [0.05, 0.1) is 11.7 Å². The highest BCUT2D eigenvalue weighted by atomic mass is 16.5. The van der Waals surface area contributed by atoms with Gasteiger partial charge >= 0.3 is 0 Å². The molecule has 2 saturated heterocycles. The molecule has 0 aliphatic carbocycles. The van der Waals surface area contributed by atoms with E-state index in [1.807, 2.05) is 0 Å². The Hall–Kier alpha value is -0.160. The molecule has 4 heteroatoms. The number of hydrogen-bond donors (Lipinski definition) is 1. The van der Waals surface area contributed by atoms with Crippen LogP contribution in [0.25, 0.3) is 0 Å². The summed E-state index contributed by atoms with van der Waals surface area (Å²) in [4.78, 5) is 2.31. The van der Waals surface area contributed by atoms with Crippen molar-refractivity contribution < 1.29 is 9.47 Å². The Morgan fingerprint density at radius 3 is 2.65 bits per heavy atom. The van der Waals surface area contributed by atoms with E-state index in [0.29, 0.717) is 11.5 Å². The van der Waals surface area contributed by atoms with Gasteiger partial charge in [-0.3, -0.25) is 0 Å². The molecular formula is C16H32N2O2. The van der Waals surface area contributed by atoms with Gasteiger partial charge in [0.2, 0.25) is 0 Å². The zero-order chi connectivity index (χ0) is 14.6. The van der Waals surface area contributed by atoms with Crippen LogP contribution in [0.15, 0.2) is 0 Å². The fourth-order valence-electron chi connectivity index (χ4n) is 3.90. The molecule has 2 aliphatic heterocycles. The largest absolute Gasteiger partial charge is 0.377 e. The third-order valence-corrected chi connectivity index (χ3v) is 4.47. The number of nitrogens with zero attached hydrogens (tertiary/aromatic N) is 1. The Morgan fingerprint density at radius 2 is 2.05 bits per heavy atom. The molecule has 4 nitrogen and oxygen atoms in total. The van der Waals surface area contributed by atoms with Gasteiger partial charge in [-0.15, -0.1) is 0 Å². The fraction of sp³-hybridized carbons (Fsp3) is 1.00. The summed E-state index contributed by atoms with van der Waals surface area (Å²) in [5.41, 5.74) is 0.323. The first-order chi connectivity index (χ1) is 9.41. The molecule has 2 fully saturated rings. The maximum atomic E-state index is 5.91. The second-order valence-corrected chi connectivity index (χ2v) is 7.54. The van der Waals surface area contributed by atoms with E-state index < -0.39 is 0 Å². The minimum Gasteiger partial charge on any atom is -0.377 e. The summed E-state index contributed by atoms with van der Waals surface area (Å²) in [5, 5.41) is 3.67. The van der Waals surface area contributed by atoms with E-state index in [1.165, 1.54) is 12.8 Å². The molecule has 0 unspecified atom stereocenters. The maximum Gasteiger partial charge on any atom is 0.0700 e. The Morgan fingerprint density at radius 1 is 1.25 bits per heavy atom. The van der Waals surface area contributed by atoms with E-state index in [2.05, 4.69) is 38.2 Å². The number of rotatable bonds is 6. The molecule has 2 aliphatic rings. The second kappa shape index (κ2) is 6.73. The van der Waals surface area contributed by atoms with Gasteiger partial charge < -0.3 is 19.7 Å². The number of hydrogen-bond acceptors (Lipinski definition) is 4. The zero-order valence-corrected chi connectivity index (χ0v) is 13.7. The Kier molecular flexibility index (Phi) is 5.46. The van der Waals surface area contributed by atoms with Crippen LogP contribution in [0.5, 0.6) is 0 Å². The van der Waals surface area contributed by atoms with Crippen molar-refractivity contribution in [3.05, 3.63) is 0 Å². The van der Waals surface area contributed by atoms with E-state index >= 15 is 0 Å². The van der Waals surface area contributed by atoms with Gasteiger partial charge in [0.1, 0.15) is 0 Å². The highest BCUT2D eigenvalue weighted by Crippen LogP contribution is 2.38. The predicted molar refractivity (Wildman–Crippen MR) is 82.1 cm³/mol. The van der Waals surface area contributed by atoms with Crippen molar-refractivity contribution in [3.63, 3.8) is 0 Å². The molecule has 0 aromatic carbocycles. The molecule has 1 N–H and O–H groups in total. The average molecular weight is 284 g/mol. The summed E-state index contributed by atoms with van der Waals surface area (Å²) < 4.78 is 11.6. The monoisotopic (exact) mass is 284 g/mol. The van der Waals surface area contributed by atoms with Crippen LogP contribution >= 0.6 is 0 Å². The average Bonchev–Trinajstić information content (AvgIpc) is 2.79. The maximum absolute atomic E-state index is 5.91. The van der Waals surface area contributed by atoms with E-state index in [4.69, 9.17) is 9.47 Å². The number of nitrogens with one attached hydrogen (secondary N) is 1. The van der Waals surface area contributed by atoms with Gasteiger partial charge in [-0.05, 0) is 53.6 Å². The quantitative estimate of drug-likeness (QED) is 0.807. The van der Waals surface area contributed by atoms with Crippen molar-refractivity contribution in [2.24, 2.45) is 5.41 Å². The Bertz CT molecular complexity index is 301. The van der Waals surface area contributed by atoms with Gasteiger partial charge in [-0.1, -0.05) is 0 Å². The third kappa shape index (κ3) is 4.69.